The number of hydrogen-bond acceptors (Lipinski definition) is 6. The summed E-state index contributed by atoms with van der Waals surface area (Å²) in [7, 11) is 0. The Balaban J connectivity index is 1.90. The first-order chi connectivity index (χ1) is 11.9. The van der Waals surface area contributed by atoms with Gasteiger partial charge in [0.2, 0.25) is 5.91 Å². The molecule has 7 nitrogen and oxygen atoms in total. The van der Waals surface area contributed by atoms with Gasteiger partial charge in [-0.1, -0.05) is 6.92 Å². The molecule has 1 atom stereocenters. The van der Waals surface area contributed by atoms with E-state index in [0.717, 1.165) is 34.3 Å². The fourth-order valence-corrected chi connectivity index (χ4v) is 4.19. The molecule has 0 radical (unpaired) electrons. The number of pyridine rings is 1. The minimum Gasteiger partial charge on any atom is -0.370 e. The maximum absolute atomic E-state index is 12.6. The van der Waals surface area contributed by atoms with Crippen molar-refractivity contribution < 1.29 is 9.53 Å². The second-order valence-electron chi connectivity index (χ2n) is 6.64. The molecular weight excluding hydrogens is 340 g/mol. The third kappa shape index (κ3) is 2.61. The maximum Gasteiger partial charge on any atom is 0.271 e. The lowest BCUT2D eigenvalue weighted by atomic mass is 9.91. The van der Waals surface area contributed by atoms with Gasteiger partial charge in [0, 0.05) is 17.4 Å². The predicted octanol–water partition coefficient (Wildman–Crippen LogP) is 1.73. The second-order valence-corrected chi connectivity index (χ2v) is 7.64. The van der Waals surface area contributed by atoms with Gasteiger partial charge in [0.25, 0.3) is 5.56 Å². The van der Waals surface area contributed by atoms with E-state index >= 15 is 0 Å². The normalized spacial score (nSPS) is 20.1. The first kappa shape index (κ1) is 16.2. The molecule has 0 aliphatic carbocycles. The average molecular weight is 358 g/mol. The van der Waals surface area contributed by atoms with Crippen molar-refractivity contribution >= 4 is 37.7 Å². The standard InChI is InChI=1S/C17H18N4O3S/c1-3-17(2)5-11-9(7-24-17)4-10-13-14(25-15(10)20-11)16(23)21(8-19-13)6-12(18)22/h4,8H,3,5-7H2,1-2H3,(H2,18,22)/t17-/m0/s1. The van der Waals surface area contributed by atoms with Crippen molar-refractivity contribution in [3.63, 3.8) is 0 Å². The van der Waals surface area contributed by atoms with Crippen LogP contribution in [0.2, 0.25) is 0 Å². The molecule has 4 heterocycles. The van der Waals surface area contributed by atoms with Crippen molar-refractivity contribution in [2.24, 2.45) is 5.73 Å². The molecule has 130 valence electrons. The zero-order valence-corrected chi connectivity index (χ0v) is 14.9. The molecule has 2 N–H and O–H groups in total. The summed E-state index contributed by atoms with van der Waals surface area (Å²) in [4.78, 5) is 33.6. The molecule has 0 fully saturated rings. The molecule has 0 bridgehead atoms. The summed E-state index contributed by atoms with van der Waals surface area (Å²) >= 11 is 1.31. The van der Waals surface area contributed by atoms with E-state index in [9.17, 15) is 9.59 Å². The predicted molar refractivity (Wildman–Crippen MR) is 95.6 cm³/mol. The van der Waals surface area contributed by atoms with Crippen LogP contribution < -0.4 is 11.3 Å². The smallest absolute Gasteiger partial charge is 0.271 e. The Bertz CT molecular complexity index is 1070. The van der Waals surface area contributed by atoms with E-state index in [0.29, 0.717) is 16.8 Å². The summed E-state index contributed by atoms with van der Waals surface area (Å²) in [5, 5.41) is 0.853. The molecule has 0 spiro atoms. The van der Waals surface area contributed by atoms with Crippen LogP contribution in [0.3, 0.4) is 0 Å². The summed E-state index contributed by atoms with van der Waals surface area (Å²) < 4.78 is 7.72. The molecule has 1 aliphatic heterocycles. The summed E-state index contributed by atoms with van der Waals surface area (Å²) in [5.74, 6) is -0.575. The SMILES string of the molecule is CC[C@@]1(C)Cc2nc3sc4c(=O)n(CC(N)=O)cnc4c3cc2CO1. The number of aromatic nitrogens is 3. The summed E-state index contributed by atoms with van der Waals surface area (Å²) in [5.41, 5.74) is 7.40. The highest BCUT2D eigenvalue weighted by Crippen LogP contribution is 2.35. The van der Waals surface area contributed by atoms with E-state index in [1.54, 1.807) is 0 Å². The number of ether oxygens (including phenoxy) is 1. The van der Waals surface area contributed by atoms with E-state index in [1.165, 1.54) is 22.2 Å². The number of thiophene rings is 1. The number of carbonyl (C=O) groups is 1. The van der Waals surface area contributed by atoms with Crippen molar-refractivity contribution in [3.8, 4) is 0 Å². The van der Waals surface area contributed by atoms with Crippen LogP contribution >= 0.6 is 11.3 Å². The van der Waals surface area contributed by atoms with Crippen molar-refractivity contribution in [1.29, 1.82) is 0 Å². The fourth-order valence-electron chi connectivity index (χ4n) is 3.11. The number of hydrogen-bond donors (Lipinski definition) is 1. The highest BCUT2D eigenvalue weighted by atomic mass is 32.1. The molecule has 1 aliphatic rings. The van der Waals surface area contributed by atoms with Gasteiger partial charge >= 0.3 is 0 Å². The number of carbonyl (C=O) groups excluding carboxylic acids is 1. The Labute approximate surface area is 147 Å². The number of primary amides is 1. The molecule has 4 rings (SSSR count). The van der Waals surface area contributed by atoms with Crippen LogP contribution in [0.15, 0.2) is 17.2 Å². The summed E-state index contributed by atoms with van der Waals surface area (Å²) in [6.45, 7) is 4.53. The minimum absolute atomic E-state index is 0.178. The quantitative estimate of drug-likeness (QED) is 0.768. The minimum atomic E-state index is -0.575. The number of nitrogens with two attached hydrogens (primary N) is 1. The fraction of sp³-hybridized carbons (Fsp3) is 0.412. The van der Waals surface area contributed by atoms with E-state index in [2.05, 4.69) is 18.8 Å². The van der Waals surface area contributed by atoms with Crippen molar-refractivity contribution in [1.82, 2.24) is 14.5 Å². The largest absolute Gasteiger partial charge is 0.370 e. The molecule has 3 aromatic heterocycles. The van der Waals surface area contributed by atoms with E-state index < -0.39 is 5.91 Å². The van der Waals surface area contributed by atoms with Gasteiger partial charge in [-0.05, 0) is 19.4 Å². The van der Waals surface area contributed by atoms with Crippen LogP contribution in [0, 0.1) is 0 Å². The number of fused-ring (bicyclic) bond motifs is 4. The van der Waals surface area contributed by atoms with E-state index in [1.807, 2.05) is 6.07 Å². The van der Waals surface area contributed by atoms with Crippen LogP contribution in [-0.2, 0) is 29.1 Å². The molecule has 0 aromatic carbocycles. The zero-order chi connectivity index (χ0) is 17.8. The number of nitrogens with zero attached hydrogens (tertiary/aromatic N) is 3. The van der Waals surface area contributed by atoms with Crippen molar-refractivity contribution in [3.05, 3.63) is 34.0 Å². The Hall–Kier alpha value is -2.32. The van der Waals surface area contributed by atoms with Crippen LogP contribution in [0.1, 0.15) is 31.5 Å². The summed E-state index contributed by atoms with van der Waals surface area (Å²) in [6, 6.07) is 2.02. The van der Waals surface area contributed by atoms with Gasteiger partial charge in [0.1, 0.15) is 16.1 Å². The number of amides is 1. The van der Waals surface area contributed by atoms with Gasteiger partial charge < -0.3 is 10.5 Å². The van der Waals surface area contributed by atoms with Gasteiger partial charge in [-0.15, -0.1) is 11.3 Å². The van der Waals surface area contributed by atoms with Gasteiger partial charge in [-0.25, -0.2) is 9.97 Å². The highest BCUT2D eigenvalue weighted by molar-refractivity contribution is 7.25. The third-order valence-electron chi connectivity index (χ3n) is 4.80. The third-order valence-corrected chi connectivity index (χ3v) is 5.87. The van der Waals surface area contributed by atoms with Crippen molar-refractivity contribution in [2.45, 2.75) is 45.4 Å². The van der Waals surface area contributed by atoms with Crippen LogP contribution in [0.5, 0.6) is 0 Å². The van der Waals surface area contributed by atoms with Crippen LogP contribution in [0.4, 0.5) is 0 Å². The van der Waals surface area contributed by atoms with Gasteiger partial charge in [0.05, 0.1) is 29.7 Å². The summed E-state index contributed by atoms with van der Waals surface area (Å²) in [6.07, 6.45) is 3.03. The lowest BCUT2D eigenvalue weighted by Crippen LogP contribution is -2.35. The molecule has 0 saturated carbocycles. The zero-order valence-electron chi connectivity index (χ0n) is 14.0. The lowest BCUT2D eigenvalue weighted by molar-refractivity contribution is -0.118. The molecule has 0 saturated heterocycles. The molecule has 0 unspecified atom stereocenters. The second kappa shape index (κ2) is 5.60. The van der Waals surface area contributed by atoms with Gasteiger partial charge in [0.15, 0.2) is 0 Å². The molecular formula is C17H18N4O3S. The van der Waals surface area contributed by atoms with Gasteiger partial charge in [-0.2, -0.15) is 0 Å². The topological polar surface area (TPSA) is 100 Å². The first-order valence-electron chi connectivity index (χ1n) is 8.13. The Morgan fingerprint density at radius 1 is 1.52 bits per heavy atom. The number of rotatable bonds is 3. The van der Waals surface area contributed by atoms with Gasteiger partial charge in [-0.3, -0.25) is 14.2 Å². The van der Waals surface area contributed by atoms with Crippen molar-refractivity contribution in [2.75, 3.05) is 0 Å². The average Bonchev–Trinajstić information content (AvgIpc) is 2.93. The maximum atomic E-state index is 12.6. The monoisotopic (exact) mass is 358 g/mol. The Kier molecular flexibility index (Phi) is 3.62. The highest BCUT2D eigenvalue weighted by Gasteiger charge is 2.30. The molecule has 8 heteroatoms. The van der Waals surface area contributed by atoms with Crippen LogP contribution in [-0.4, -0.2) is 26.0 Å². The molecule has 3 aromatic rings. The lowest BCUT2D eigenvalue weighted by Gasteiger charge is -2.33. The Morgan fingerprint density at radius 2 is 2.32 bits per heavy atom. The van der Waals surface area contributed by atoms with E-state index in [4.69, 9.17) is 15.5 Å². The van der Waals surface area contributed by atoms with Crippen LogP contribution in [0.25, 0.3) is 20.4 Å². The van der Waals surface area contributed by atoms with E-state index in [-0.39, 0.29) is 17.7 Å². The first-order valence-corrected chi connectivity index (χ1v) is 8.94. The molecule has 25 heavy (non-hydrogen) atoms. The molecule has 1 amide bonds. The Morgan fingerprint density at radius 3 is 3.04 bits per heavy atom.